The number of ether oxygens (including phenoxy) is 1. The van der Waals surface area contributed by atoms with E-state index in [1.165, 1.54) is 0 Å². The summed E-state index contributed by atoms with van der Waals surface area (Å²) in [6, 6.07) is 0.593. The fourth-order valence-electron chi connectivity index (χ4n) is 2.63. The van der Waals surface area contributed by atoms with Crippen LogP contribution in [0, 0.1) is 0 Å². The highest BCUT2D eigenvalue weighted by Gasteiger charge is 2.34. The highest BCUT2D eigenvalue weighted by atomic mass is 32.1. The summed E-state index contributed by atoms with van der Waals surface area (Å²) < 4.78 is 5.47. The zero-order chi connectivity index (χ0) is 15.6. The van der Waals surface area contributed by atoms with E-state index in [9.17, 15) is 4.79 Å². The van der Waals surface area contributed by atoms with Gasteiger partial charge in [0.25, 0.3) is 0 Å². The van der Waals surface area contributed by atoms with Crippen LogP contribution in [0.2, 0.25) is 0 Å². The number of rotatable bonds is 2. The van der Waals surface area contributed by atoms with Crippen molar-refractivity contribution in [3.8, 4) is 0 Å². The lowest BCUT2D eigenvalue weighted by molar-refractivity contribution is -0.00968. The zero-order valence-electron chi connectivity index (χ0n) is 13.5. The molecular weight excluding hydrogens is 286 g/mol. The van der Waals surface area contributed by atoms with Crippen LogP contribution in [0.1, 0.15) is 39.6 Å². The van der Waals surface area contributed by atoms with Crippen molar-refractivity contribution >= 4 is 17.4 Å². The number of hydrogen-bond donors (Lipinski definition) is 0. The predicted octanol–water partition coefficient (Wildman–Crippen LogP) is 2.97. The molecule has 0 aromatic carbocycles. The SMILES string of the molecule is CC1CN(C(=O)OC(C)(C)C)CC(C)N1Cc1nccs1. The summed E-state index contributed by atoms with van der Waals surface area (Å²) in [6.45, 7) is 12.3. The Morgan fingerprint density at radius 3 is 2.48 bits per heavy atom. The van der Waals surface area contributed by atoms with Gasteiger partial charge in [0, 0.05) is 36.8 Å². The van der Waals surface area contributed by atoms with Gasteiger partial charge in [0.2, 0.25) is 0 Å². The van der Waals surface area contributed by atoms with Crippen LogP contribution in [0.25, 0.3) is 0 Å². The molecule has 1 fully saturated rings. The van der Waals surface area contributed by atoms with Crippen LogP contribution in [0.5, 0.6) is 0 Å². The van der Waals surface area contributed by atoms with Crippen LogP contribution in [-0.2, 0) is 11.3 Å². The van der Waals surface area contributed by atoms with Crippen molar-refractivity contribution in [3.63, 3.8) is 0 Å². The average molecular weight is 311 g/mol. The Kier molecular flexibility index (Phi) is 4.88. The number of thiazole rings is 1. The van der Waals surface area contributed by atoms with Crippen LogP contribution < -0.4 is 0 Å². The minimum absolute atomic E-state index is 0.213. The smallest absolute Gasteiger partial charge is 0.410 e. The maximum absolute atomic E-state index is 12.2. The van der Waals surface area contributed by atoms with Gasteiger partial charge in [-0.25, -0.2) is 9.78 Å². The van der Waals surface area contributed by atoms with Gasteiger partial charge in [-0.05, 0) is 34.6 Å². The molecule has 2 heterocycles. The largest absolute Gasteiger partial charge is 0.444 e. The third-order valence-electron chi connectivity index (χ3n) is 3.55. The molecule has 1 saturated heterocycles. The molecule has 0 bridgehead atoms. The highest BCUT2D eigenvalue weighted by molar-refractivity contribution is 7.09. The molecule has 118 valence electrons. The lowest BCUT2D eigenvalue weighted by Crippen LogP contribution is -2.58. The summed E-state index contributed by atoms with van der Waals surface area (Å²) in [5, 5.41) is 3.13. The first-order valence-electron chi connectivity index (χ1n) is 7.38. The van der Waals surface area contributed by atoms with Crippen molar-refractivity contribution in [2.75, 3.05) is 13.1 Å². The molecule has 1 aliphatic heterocycles. The van der Waals surface area contributed by atoms with Crippen molar-refractivity contribution in [2.45, 2.75) is 58.8 Å². The van der Waals surface area contributed by atoms with Gasteiger partial charge in [-0.3, -0.25) is 4.90 Å². The molecule has 2 atom stereocenters. The fraction of sp³-hybridized carbons (Fsp3) is 0.733. The maximum Gasteiger partial charge on any atom is 0.410 e. The topological polar surface area (TPSA) is 45.7 Å². The Balaban J connectivity index is 1.96. The van der Waals surface area contributed by atoms with E-state index in [1.807, 2.05) is 37.2 Å². The van der Waals surface area contributed by atoms with Gasteiger partial charge in [-0.15, -0.1) is 11.3 Å². The summed E-state index contributed by atoms with van der Waals surface area (Å²) >= 11 is 1.68. The Morgan fingerprint density at radius 1 is 1.38 bits per heavy atom. The molecular formula is C15H25N3O2S. The van der Waals surface area contributed by atoms with E-state index in [0.29, 0.717) is 25.2 Å². The molecule has 0 saturated carbocycles. The van der Waals surface area contributed by atoms with E-state index in [2.05, 4.69) is 23.7 Å². The van der Waals surface area contributed by atoms with E-state index in [0.717, 1.165) is 11.6 Å². The number of piperazine rings is 1. The second-order valence-corrected chi connectivity index (χ2v) is 7.66. The van der Waals surface area contributed by atoms with Crippen molar-refractivity contribution in [2.24, 2.45) is 0 Å². The third-order valence-corrected chi connectivity index (χ3v) is 4.32. The quantitative estimate of drug-likeness (QED) is 0.842. The second-order valence-electron chi connectivity index (χ2n) is 6.68. The number of nitrogens with zero attached hydrogens (tertiary/aromatic N) is 3. The third kappa shape index (κ3) is 4.41. The summed E-state index contributed by atoms with van der Waals surface area (Å²) in [5.41, 5.74) is -0.443. The summed E-state index contributed by atoms with van der Waals surface area (Å²) in [4.78, 5) is 20.8. The monoisotopic (exact) mass is 311 g/mol. The second kappa shape index (κ2) is 6.32. The van der Waals surface area contributed by atoms with E-state index in [1.54, 1.807) is 11.3 Å². The summed E-state index contributed by atoms with van der Waals surface area (Å²) in [6.07, 6.45) is 1.63. The van der Waals surface area contributed by atoms with Crippen LogP contribution in [0.3, 0.4) is 0 Å². The lowest BCUT2D eigenvalue weighted by atomic mass is 10.1. The average Bonchev–Trinajstić information content (AvgIpc) is 2.84. The molecule has 1 aromatic rings. The molecule has 0 N–H and O–H groups in total. The van der Waals surface area contributed by atoms with Crippen LogP contribution >= 0.6 is 11.3 Å². The summed E-state index contributed by atoms with van der Waals surface area (Å²) in [5.74, 6) is 0. The van der Waals surface area contributed by atoms with Crippen LogP contribution in [-0.4, -0.2) is 51.7 Å². The van der Waals surface area contributed by atoms with Crippen molar-refractivity contribution < 1.29 is 9.53 Å². The van der Waals surface area contributed by atoms with Crippen molar-refractivity contribution in [1.82, 2.24) is 14.8 Å². The molecule has 6 heteroatoms. The maximum atomic E-state index is 12.2. The van der Waals surface area contributed by atoms with E-state index >= 15 is 0 Å². The first-order chi connectivity index (χ1) is 9.76. The number of aromatic nitrogens is 1. The number of carbonyl (C=O) groups excluding carboxylic acids is 1. The van der Waals surface area contributed by atoms with Gasteiger partial charge in [0.1, 0.15) is 10.6 Å². The first-order valence-corrected chi connectivity index (χ1v) is 8.26. The van der Waals surface area contributed by atoms with E-state index in [4.69, 9.17) is 4.74 Å². The molecule has 2 unspecified atom stereocenters. The zero-order valence-corrected chi connectivity index (χ0v) is 14.3. The number of amides is 1. The van der Waals surface area contributed by atoms with Gasteiger partial charge in [-0.1, -0.05) is 0 Å². The molecule has 5 nitrogen and oxygen atoms in total. The molecule has 1 aliphatic rings. The van der Waals surface area contributed by atoms with Gasteiger partial charge < -0.3 is 9.64 Å². The molecule has 2 rings (SSSR count). The van der Waals surface area contributed by atoms with Crippen molar-refractivity contribution in [1.29, 1.82) is 0 Å². The number of carbonyl (C=O) groups is 1. The van der Waals surface area contributed by atoms with Crippen molar-refractivity contribution in [3.05, 3.63) is 16.6 Å². The predicted molar refractivity (Wildman–Crippen MR) is 84.4 cm³/mol. The Labute approximate surface area is 130 Å². The first kappa shape index (κ1) is 16.2. The molecule has 0 spiro atoms. The molecule has 1 aromatic heterocycles. The molecule has 0 radical (unpaired) electrons. The Bertz CT molecular complexity index is 458. The minimum Gasteiger partial charge on any atom is -0.444 e. The van der Waals surface area contributed by atoms with Gasteiger partial charge in [0.05, 0.1) is 6.54 Å². The normalized spacial score (nSPS) is 24.1. The van der Waals surface area contributed by atoms with Gasteiger partial charge >= 0.3 is 6.09 Å². The van der Waals surface area contributed by atoms with E-state index < -0.39 is 5.60 Å². The molecule has 0 aliphatic carbocycles. The number of hydrogen-bond acceptors (Lipinski definition) is 5. The lowest BCUT2D eigenvalue weighted by Gasteiger charge is -2.44. The minimum atomic E-state index is -0.443. The molecule has 21 heavy (non-hydrogen) atoms. The Morgan fingerprint density at radius 2 is 2.00 bits per heavy atom. The van der Waals surface area contributed by atoms with E-state index in [-0.39, 0.29) is 6.09 Å². The fourth-order valence-corrected chi connectivity index (χ4v) is 3.26. The standard InChI is InChI=1S/C15H25N3O2S/c1-11-8-17(14(19)20-15(3,4)5)9-12(2)18(11)10-13-16-6-7-21-13/h6-7,11-12H,8-10H2,1-5H3. The van der Waals surface area contributed by atoms with Gasteiger partial charge in [0.15, 0.2) is 0 Å². The van der Waals surface area contributed by atoms with Gasteiger partial charge in [-0.2, -0.15) is 0 Å². The highest BCUT2D eigenvalue weighted by Crippen LogP contribution is 2.21. The Hall–Kier alpha value is -1.14. The molecule has 1 amide bonds. The van der Waals surface area contributed by atoms with Crippen LogP contribution in [0.4, 0.5) is 4.79 Å². The van der Waals surface area contributed by atoms with Crippen LogP contribution in [0.15, 0.2) is 11.6 Å². The summed E-state index contributed by atoms with van der Waals surface area (Å²) in [7, 11) is 0.